The van der Waals surface area contributed by atoms with Gasteiger partial charge in [0.2, 0.25) is 5.91 Å². The lowest BCUT2D eigenvalue weighted by molar-refractivity contribution is -0.384. The predicted octanol–water partition coefficient (Wildman–Crippen LogP) is 4.15. The number of halogens is 1. The zero-order valence-corrected chi connectivity index (χ0v) is 16.8. The molecular weight excluding hydrogens is 452 g/mol. The molecule has 0 spiro atoms. The minimum absolute atomic E-state index is 0.0248. The summed E-state index contributed by atoms with van der Waals surface area (Å²) >= 11 is 4.28. The number of carbonyl (C=O) groups is 1. The highest BCUT2D eigenvalue weighted by molar-refractivity contribution is 9.10. The predicted molar refractivity (Wildman–Crippen MR) is 106 cm³/mol. The average Bonchev–Trinajstić information content (AvgIpc) is 3.16. The number of nitrogens with zero attached hydrogens (tertiary/aromatic N) is 3. The van der Waals surface area contributed by atoms with E-state index in [1.165, 1.54) is 18.2 Å². The van der Waals surface area contributed by atoms with Crippen LogP contribution in [0.4, 0.5) is 11.4 Å². The summed E-state index contributed by atoms with van der Waals surface area (Å²) in [7, 11) is 1.55. The summed E-state index contributed by atoms with van der Waals surface area (Å²) in [6.07, 6.45) is 0. The number of rotatable bonds is 7. The quantitative estimate of drug-likeness (QED) is 0.314. The van der Waals surface area contributed by atoms with Crippen LogP contribution in [0.2, 0.25) is 0 Å². The number of methoxy groups -OCH3 is 1. The summed E-state index contributed by atoms with van der Waals surface area (Å²) in [6, 6.07) is 11.3. The minimum atomic E-state index is -0.513. The normalized spacial score (nSPS) is 10.5. The molecule has 0 bridgehead atoms. The second-order valence-electron chi connectivity index (χ2n) is 5.33. The van der Waals surface area contributed by atoms with Crippen LogP contribution in [0.1, 0.15) is 0 Å². The maximum atomic E-state index is 12.1. The van der Waals surface area contributed by atoms with Gasteiger partial charge >= 0.3 is 0 Å². The summed E-state index contributed by atoms with van der Waals surface area (Å²) in [4.78, 5) is 22.4. The van der Waals surface area contributed by atoms with Crippen LogP contribution in [-0.4, -0.2) is 33.9 Å². The van der Waals surface area contributed by atoms with E-state index in [1.54, 1.807) is 19.2 Å². The van der Waals surface area contributed by atoms with Gasteiger partial charge in [0.1, 0.15) is 5.75 Å². The molecule has 0 fully saturated rings. The Kier molecular flexibility index (Phi) is 6.26. The molecule has 3 rings (SSSR count). The molecule has 0 saturated carbocycles. The van der Waals surface area contributed by atoms with Crippen LogP contribution in [0.15, 0.2) is 56.6 Å². The Hall–Kier alpha value is -2.92. The lowest BCUT2D eigenvalue weighted by Crippen LogP contribution is -2.14. The number of hydrogen-bond donors (Lipinski definition) is 1. The van der Waals surface area contributed by atoms with Gasteiger partial charge in [-0.1, -0.05) is 23.9 Å². The number of carbonyl (C=O) groups excluding carboxylic acids is 1. The molecular formula is C17H13BrN4O5S. The highest BCUT2D eigenvalue weighted by Crippen LogP contribution is 2.31. The van der Waals surface area contributed by atoms with E-state index < -0.39 is 4.92 Å². The molecule has 144 valence electrons. The second-order valence-corrected chi connectivity index (χ2v) is 7.11. The molecule has 0 aliphatic rings. The number of nitrogens with one attached hydrogen (secondary N) is 1. The SMILES string of the molecule is COc1ccccc1-c1nnc(SCC(=O)Nc2ccc([N+](=O)[O-])cc2Br)o1. The van der Waals surface area contributed by atoms with Gasteiger partial charge in [-0.15, -0.1) is 10.2 Å². The van der Waals surface area contributed by atoms with Gasteiger partial charge in [-0.25, -0.2) is 0 Å². The number of nitro benzene ring substituents is 1. The number of benzene rings is 2. The topological polar surface area (TPSA) is 120 Å². The largest absolute Gasteiger partial charge is 0.496 e. The van der Waals surface area contributed by atoms with E-state index in [9.17, 15) is 14.9 Å². The maximum absolute atomic E-state index is 12.1. The molecule has 1 heterocycles. The van der Waals surface area contributed by atoms with Crippen molar-refractivity contribution in [2.75, 3.05) is 18.2 Å². The molecule has 1 amide bonds. The zero-order chi connectivity index (χ0) is 20.1. The number of nitro groups is 1. The third-order valence-electron chi connectivity index (χ3n) is 3.51. The lowest BCUT2D eigenvalue weighted by atomic mass is 10.2. The van der Waals surface area contributed by atoms with Gasteiger partial charge in [0.25, 0.3) is 16.8 Å². The Morgan fingerprint density at radius 3 is 2.82 bits per heavy atom. The number of aromatic nitrogens is 2. The number of non-ortho nitro benzene ring substituents is 1. The first-order valence-electron chi connectivity index (χ1n) is 7.81. The highest BCUT2D eigenvalue weighted by Gasteiger charge is 2.15. The highest BCUT2D eigenvalue weighted by atomic mass is 79.9. The summed E-state index contributed by atoms with van der Waals surface area (Å²) in [5.74, 6) is 0.593. The van der Waals surface area contributed by atoms with E-state index in [2.05, 4.69) is 31.4 Å². The van der Waals surface area contributed by atoms with E-state index in [4.69, 9.17) is 9.15 Å². The molecule has 0 radical (unpaired) electrons. The van der Waals surface area contributed by atoms with Gasteiger partial charge in [0.15, 0.2) is 0 Å². The molecule has 0 atom stereocenters. The molecule has 9 nitrogen and oxygen atoms in total. The summed E-state index contributed by atoms with van der Waals surface area (Å²) < 4.78 is 11.3. The molecule has 0 unspecified atom stereocenters. The van der Waals surface area contributed by atoms with E-state index >= 15 is 0 Å². The third-order valence-corrected chi connectivity index (χ3v) is 4.98. The third kappa shape index (κ3) is 4.67. The molecule has 28 heavy (non-hydrogen) atoms. The van der Waals surface area contributed by atoms with Crippen LogP contribution in [0.25, 0.3) is 11.5 Å². The van der Waals surface area contributed by atoms with Gasteiger partial charge in [0, 0.05) is 16.6 Å². The average molecular weight is 465 g/mol. The van der Waals surface area contributed by atoms with Crippen molar-refractivity contribution in [2.45, 2.75) is 5.22 Å². The molecule has 0 aliphatic heterocycles. The summed E-state index contributed by atoms with van der Waals surface area (Å²) in [5, 5.41) is 21.6. The smallest absolute Gasteiger partial charge is 0.277 e. The van der Waals surface area contributed by atoms with Gasteiger partial charge in [-0.3, -0.25) is 14.9 Å². The molecule has 0 saturated heterocycles. The van der Waals surface area contributed by atoms with Crippen molar-refractivity contribution in [3.8, 4) is 17.2 Å². The van der Waals surface area contributed by atoms with Gasteiger partial charge in [0.05, 0.1) is 29.0 Å². The number of hydrogen-bond acceptors (Lipinski definition) is 8. The molecule has 11 heteroatoms. The van der Waals surface area contributed by atoms with Crippen LogP contribution in [-0.2, 0) is 4.79 Å². The van der Waals surface area contributed by atoms with Crippen LogP contribution in [0.5, 0.6) is 5.75 Å². The maximum Gasteiger partial charge on any atom is 0.277 e. The van der Waals surface area contributed by atoms with Gasteiger partial charge < -0.3 is 14.5 Å². The Labute approximate surface area is 171 Å². The zero-order valence-electron chi connectivity index (χ0n) is 14.4. The Morgan fingerprint density at radius 2 is 2.11 bits per heavy atom. The monoisotopic (exact) mass is 464 g/mol. The minimum Gasteiger partial charge on any atom is -0.496 e. The number of para-hydroxylation sites is 1. The Bertz CT molecular complexity index is 1030. The first-order chi connectivity index (χ1) is 13.5. The van der Waals surface area contributed by atoms with Crippen molar-refractivity contribution in [1.29, 1.82) is 0 Å². The van der Waals surface area contributed by atoms with Crippen molar-refractivity contribution in [1.82, 2.24) is 10.2 Å². The number of ether oxygens (including phenoxy) is 1. The summed E-state index contributed by atoms with van der Waals surface area (Å²) in [5.41, 5.74) is 1.01. The van der Waals surface area contributed by atoms with Gasteiger partial charge in [-0.05, 0) is 34.1 Å². The fourth-order valence-electron chi connectivity index (χ4n) is 2.23. The van der Waals surface area contributed by atoms with Gasteiger partial charge in [-0.2, -0.15) is 0 Å². The van der Waals surface area contributed by atoms with Crippen molar-refractivity contribution in [2.24, 2.45) is 0 Å². The van der Waals surface area contributed by atoms with E-state index in [-0.39, 0.29) is 22.6 Å². The molecule has 1 aromatic heterocycles. The number of amides is 1. The summed E-state index contributed by atoms with van der Waals surface area (Å²) in [6.45, 7) is 0. The van der Waals surface area contributed by atoms with E-state index in [0.29, 0.717) is 27.4 Å². The number of thioether (sulfide) groups is 1. The first-order valence-corrected chi connectivity index (χ1v) is 9.59. The second kappa shape index (κ2) is 8.85. The van der Waals surface area contributed by atoms with Crippen molar-refractivity contribution >= 4 is 45.0 Å². The molecule has 2 aromatic carbocycles. The fourth-order valence-corrected chi connectivity index (χ4v) is 3.26. The van der Waals surface area contributed by atoms with E-state index in [1.807, 2.05) is 12.1 Å². The first kappa shape index (κ1) is 19.8. The van der Waals surface area contributed by atoms with Crippen LogP contribution >= 0.6 is 27.7 Å². The van der Waals surface area contributed by atoms with E-state index in [0.717, 1.165) is 11.8 Å². The molecule has 1 N–H and O–H groups in total. The van der Waals surface area contributed by atoms with Crippen molar-refractivity contribution in [3.63, 3.8) is 0 Å². The van der Waals surface area contributed by atoms with Crippen LogP contribution in [0, 0.1) is 10.1 Å². The Morgan fingerprint density at radius 1 is 1.32 bits per heavy atom. The van der Waals surface area contributed by atoms with Crippen molar-refractivity contribution < 1.29 is 18.9 Å². The number of anilines is 1. The lowest BCUT2D eigenvalue weighted by Gasteiger charge is -2.06. The van der Waals surface area contributed by atoms with Crippen LogP contribution < -0.4 is 10.1 Å². The molecule has 0 aliphatic carbocycles. The van der Waals surface area contributed by atoms with Crippen LogP contribution in [0.3, 0.4) is 0 Å². The standard InChI is InChI=1S/C17H13BrN4O5S/c1-26-14-5-3-2-4-11(14)16-20-21-17(27-16)28-9-15(23)19-13-7-6-10(22(24)25)8-12(13)18/h2-8H,9H2,1H3,(H,19,23). The van der Waals surface area contributed by atoms with Crippen molar-refractivity contribution in [3.05, 3.63) is 57.1 Å². The Balaban J connectivity index is 1.61. The fraction of sp³-hybridized carbons (Fsp3) is 0.118. The molecule has 3 aromatic rings.